The van der Waals surface area contributed by atoms with Crippen molar-refractivity contribution in [2.24, 2.45) is 0 Å². The van der Waals surface area contributed by atoms with Crippen LogP contribution < -0.4 is 25.7 Å². The molecule has 20 heavy (non-hydrogen) atoms. The van der Waals surface area contributed by atoms with Crippen molar-refractivity contribution >= 4 is 11.8 Å². The minimum atomic E-state index is 0.0943. The van der Waals surface area contributed by atoms with Crippen molar-refractivity contribution < 1.29 is 14.2 Å². The molecule has 2 rings (SSSR count). The van der Waals surface area contributed by atoms with Gasteiger partial charge in [-0.25, -0.2) is 4.98 Å². The van der Waals surface area contributed by atoms with Crippen LogP contribution in [0.25, 0.3) is 11.3 Å². The summed E-state index contributed by atoms with van der Waals surface area (Å²) in [6.45, 7) is 0. The number of hydrogen-bond donors (Lipinski definition) is 2. The van der Waals surface area contributed by atoms with E-state index >= 15 is 0 Å². The summed E-state index contributed by atoms with van der Waals surface area (Å²) in [5.74, 6) is 1.90. The lowest BCUT2D eigenvalue weighted by molar-refractivity contribution is 0.325. The molecule has 2 aromatic rings. The van der Waals surface area contributed by atoms with E-state index in [-0.39, 0.29) is 11.8 Å². The Kier molecular flexibility index (Phi) is 3.79. The molecule has 0 aliphatic rings. The average molecular weight is 276 g/mol. The molecule has 0 saturated carbocycles. The number of aromatic nitrogens is 2. The normalized spacial score (nSPS) is 10.2. The summed E-state index contributed by atoms with van der Waals surface area (Å²) in [5, 5.41) is 0. The smallest absolute Gasteiger partial charge is 0.222 e. The van der Waals surface area contributed by atoms with Crippen LogP contribution in [0, 0.1) is 0 Å². The monoisotopic (exact) mass is 276 g/mol. The number of anilines is 2. The van der Waals surface area contributed by atoms with E-state index in [0.717, 1.165) is 0 Å². The molecule has 7 nitrogen and oxygen atoms in total. The Morgan fingerprint density at radius 1 is 0.900 bits per heavy atom. The molecule has 7 heteroatoms. The maximum atomic E-state index is 5.69. The van der Waals surface area contributed by atoms with E-state index in [2.05, 4.69) is 9.97 Å². The summed E-state index contributed by atoms with van der Waals surface area (Å²) >= 11 is 0. The summed E-state index contributed by atoms with van der Waals surface area (Å²) in [6.07, 6.45) is 0. The number of nitrogen functional groups attached to an aromatic ring is 2. The summed E-state index contributed by atoms with van der Waals surface area (Å²) in [5.41, 5.74) is 12.5. The molecule has 0 atom stereocenters. The minimum Gasteiger partial charge on any atom is -0.493 e. The van der Waals surface area contributed by atoms with Crippen LogP contribution in [0.5, 0.6) is 17.2 Å². The van der Waals surface area contributed by atoms with E-state index in [1.54, 1.807) is 25.3 Å². The van der Waals surface area contributed by atoms with E-state index in [9.17, 15) is 0 Å². The molecule has 0 fully saturated rings. The van der Waals surface area contributed by atoms with Crippen LogP contribution >= 0.6 is 0 Å². The molecule has 4 N–H and O–H groups in total. The predicted octanol–water partition coefficient (Wildman–Crippen LogP) is 1.33. The van der Waals surface area contributed by atoms with Gasteiger partial charge in [-0.15, -0.1) is 0 Å². The second-order valence-electron chi connectivity index (χ2n) is 3.92. The Hall–Kier alpha value is -2.70. The number of benzene rings is 1. The molecule has 1 heterocycles. The van der Waals surface area contributed by atoms with Gasteiger partial charge in [0.05, 0.1) is 27.0 Å². The largest absolute Gasteiger partial charge is 0.493 e. The number of methoxy groups -OCH3 is 3. The number of nitrogens with two attached hydrogens (primary N) is 2. The highest BCUT2D eigenvalue weighted by Gasteiger charge is 2.18. The fourth-order valence-electron chi connectivity index (χ4n) is 1.93. The lowest BCUT2D eigenvalue weighted by Crippen LogP contribution is -2.02. The van der Waals surface area contributed by atoms with Gasteiger partial charge in [0.15, 0.2) is 11.5 Å². The molecular formula is C13H16N4O3. The van der Waals surface area contributed by atoms with Crippen molar-refractivity contribution in [2.45, 2.75) is 0 Å². The van der Waals surface area contributed by atoms with Gasteiger partial charge in [0, 0.05) is 11.6 Å². The van der Waals surface area contributed by atoms with Crippen molar-refractivity contribution in [2.75, 3.05) is 32.8 Å². The van der Waals surface area contributed by atoms with Crippen LogP contribution in [0.3, 0.4) is 0 Å². The first-order valence-corrected chi connectivity index (χ1v) is 5.80. The van der Waals surface area contributed by atoms with Crippen LogP contribution in [0.2, 0.25) is 0 Å². The highest BCUT2D eigenvalue weighted by Crippen LogP contribution is 2.43. The molecule has 0 radical (unpaired) electrons. The number of rotatable bonds is 4. The van der Waals surface area contributed by atoms with Gasteiger partial charge in [-0.2, -0.15) is 4.98 Å². The zero-order valence-electron chi connectivity index (χ0n) is 11.5. The fourth-order valence-corrected chi connectivity index (χ4v) is 1.93. The zero-order valence-corrected chi connectivity index (χ0v) is 11.5. The van der Waals surface area contributed by atoms with Crippen molar-refractivity contribution in [3.63, 3.8) is 0 Å². The first kappa shape index (κ1) is 13.7. The second-order valence-corrected chi connectivity index (χ2v) is 3.92. The standard InChI is InChI=1S/C13H16N4O3/c1-18-9-5-4-7(11(19-2)12(9)20-3)8-6-10(14)17-13(15)16-8/h4-6H,1-3H3,(H4,14,15,16,17). The second kappa shape index (κ2) is 5.52. The van der Waals surface area contributed by atoms with Crippen LogP contribution in [-0.2, 0) is 0 Å². The SMILES string of the molecule is COc1ccc(-c2cc(N)nc(N)n2)c(OC)c1OC. The van der Waals surface area contributed by atoms with E-state index in [0.29, 0.717) is 28.5 Å². The van der Waals surface area contributed by atoms with Gasteiger partial charge in [-0.1, -0.05) is 0 Å². The van der Waals surface area contributed by atoms with Crippen molar-refractivity contribution in [3.8, 4) is 28.5 Å². The first-order valence-electron chi connectivity index (χ1n) is 5.80. The molecule has 106 valence electrons. The Balaban J connectivity index is 2.67. The third-order valence-corrected chi connectivity index (χ3v) is 2.74. The lowest BCUT2D eigenvalue weighted by atomic mass is 10.1. The highest BCUT2D eigenvalue weighted by molar-refractivity contribution is 5.75. The third kappa shape index (κ3) is 2.37. The molecule has 0 spiro atoms. The van der Waals surface area contributed by atoms with E-state index < -0.39 is 0 Å². The first-order chi connectivity index (χ1) is 9.60. The number of hydrogen-bond acceptors (Lipinski definition) is 7. The molecule has 1 aromatic carbocycles. The molecule has 0 bridgehead atoms. The van der Waals surface area contributed by atoms with Gasteiger partial charge in [0.25, 0.3) is 0 Å². The molecule has 0 saturated heterocycles. The lowest BCUT2D eigenvalue weighted by Gasteiger charge is -2.15. The molecule has 0 unspecified atom stereocenters. The maximum Gasteiger partial charge on any atom is 0.222 e. The van der Waals surface area contributed by atoms with Gasteiger partial charge in [0.2, 0.25) is 11.7 Å². The maximum absolute atomic E-state index is 5.69. The van der Waals surface area contributed by atoms with Crippen LogP contribution in [-0.4, -0.2) is 31.3 Å². The molecule has 1 aromatic heterocycles. The quantitative estimate of drug-likeness (QED) is 0.867. The number of ether oxygens (including phenoxy) is 3. The summed E-state index contributed by atoms with van der Waals surface area (Å²) in [6, 6.07) is 5.16. The summed E-state index contributed by atoms with van der Waals surface area (Å²) < 4.78 is 16.0. The van der Waals surface area contributed by atoms with Crippen LogP contribution in [0.15, 0.2) is 18.2 Å². The van der Waals surface area contributed by atoms with E-state index in [4.69, 9.17) is 25.7 Å². The Labute approximate surface area is 116 Å². The Bertz CT molecular complexity index is 611. The van der Waals surface area contributed by atoms with Crippen molar-refractivity contribution in [3.05, 3.63) is 18.2 Å². The fraction of sp³-hybridized carbons (Fsp3) is 0.231. The van der Waals surface area contributed by atoms with Gasteiger partial charge in [-0.05, 0) is 12.1 Å². The van der Waals surface area contributed by atoms with Crippen molar-refractivity contribution in [1.29, 1.82) is 0 Å². The predicted molar refractivity (Wildman–Crippen MR) is 75.9 cm³/mol. The van der Waals surface area contributed by atoms with E-state index in [1.165, 1.54) is 14.2 Å². The Morgan fingerprint density at radius 3 is 2.15 bits per heavy atom. The molecule has 0 aliphatic heterocycles. The van der Waals surface area contributed by atoms with Crippen LogP contribution in [0.4, 0.5) is 11.8 Å². The number of nitrogens with zero attached hydrogens (tertiary/aromatic N) is 2. The van der Waals surface area contributed by atoms with Gasteiger partial charge < -0.3 is 25.7 Å². The topological polar surface area (TPSA) is 106 Å². The summed E-state index contributed by atoms with van der Waals surface area (Å²) in [4.78, 5) is 7.99. The van der Waals surface area contributed by atoms with Gasteiger partial charge >= 0.3 is 0 Å². The van der Waals surface area contributed by atoms with Gasteiger partial charge in [-0.3, -0.25) is 0 Å². The Morgan fingerprint density at radius 2 is 1.60 bits per heavy atom. The third-order valence-electron chi connectivity index (χ3n) is 2.74. The zero-order chi connectivity index (χ0) is 14.7. The molecule has 0 aliphatic carbocycles. The van der Waals surface area contributed by atoms with E-state index in [1.807, 2.05) is 0 Å². The minimum absolute atomic E-state index is 0.0943. The summed E-state index contributed by atoms with van der Waals surface area (Å²) in [7, 11) is 4.62. The van der Waals surface area contributed by atoms with Crippen molar-refractivity contribution in [1.82, 2.24) is 9.97 Å². The molecular weight excluding hydrogens is 260 g/mol. The highest BCUT2D eigenvalue weighted by atomic mass is 16.5. The van der Waals surface area contributed by atoms with Gasteiger partial charge in [0.1, 0.15) is 5.82 Å². The van der Waals surface area contributed by atoms with Crippen LogP contribution in [0.1, 0.15) is 0 Å². The average Bonchev–Trinajstić information content (AvgIpc) is 2.44. The molecule has 0 amide bonds.